The van der Waals surface area contributed by atoms with Crippen molar-refractivity contribution in [3.63, 3.8) is 0 Å². The SMILES string of the molecule is CCCCCCCCCCCCCCCCC[CH2][Sn+]([CH3])[CH2]CCCCCCCCCCCCCCCCC. The van der Waals surface area contributed by atoms with Crippen LogP contribution in [0.15, 0.2) is 0 Å². The molecule has 0 atom stereocenters. The molecule has 0 heterocycles. The molecule has 0 unspecified atom stereocenters. The van der Waals surface area contributed by atoms with Gasteiger partial charge in [0.25, 0.3) is 0 Å². The van der Waals surface area contributed by atoms with Crippen molar-refractivity contribution in [2.45, 2.75) is 233 Å². The first kappa shape index (κ1) is 38.8. The summed E-state index contributed by atoms with van der Waals surface area (Å²) in [5.41, 5.74) is 0. The fraction of sp³-hybridized carbons (Fsp3) is 1.00. The molecule has 0 saturated heterocycles. The Bertz CT molecular complexity index is 356. The van der Waals surface area contributed by atoms with Gasteiger partial charge >= 0.3 is 175 Å². The van der Waals surface area contributed by atoms with E-state index in [1.54, 1.807) is 21.7 Å². The Kier molecular flexibility index (Phi) is 36.6. The van der Waals surface area contributed by atoms with Gasteiger partial charge in [0.2, 0.25) is 0 Å². The number of hydrogen-bond donors (Lipinski definition) is 0. The van der Waals surface area contributed by atoms with Crippen LogP contribution in [0.1, 0.15) is 219 Å². The minimum Gasteiger partial charge on any atom is -0.0654 e. The summed E-state index contributed by atoms with van der Waals surface area (Å²) in [6.07, 6.45) is 47.8. The smallest absolute Gasteiger partial charge is 0.0654 e. The summed E-state index contributed by atoms with van der Waals surface area (Å²) in [6.45, 7) is 4.62. The van der Waals surface area contributed by atoms with Crippen LogP contribution < -0.4 is 0 Å². The van der Waals surface area contributed by atoms with E-state index in [4.69, 9.17) is 0 Å². The summed E-state index contributed by atoms with van der Waals surface area (Å²) in [5, 5.41) is 0. The Balaban J connectivity index is 3.13. The van der Waals surface area contributed by atoms with Crippen LogP contribution in [0.2, 0.25) is 13.8 Å². The average Bonchev–Trinajstić information content (AvgIpc) is 2.92. The summed E-state index contributed by atoms with van der Waals surface area (Å²) >= 11 is -0.951. The van der Waals surface area contributed by atoms with Crippen LogP contribution in [0.5, 0.6) is 0 Å². The molecule has 0 N–H and O–H groups in total. The van der Waals surface area contributed by atoms with Gasteiger partial charge in [-0.2, -0.15) is 0 Å². The molecule has 38 heavy (non-hydrogen) atoms. The average molecular weight is 641 g/mol. The van der Waals surface area contributed by atoms with E-state index in [0.29, 0.717) is 0 Å². The van der Waals surface area contributed by atoms with Gasteiger partial charge in [0.15, 0.2) is 0 Å². The molecule has 0 fully saturated rings. The minimum atomic E-state index is -0.951. The van der Waals surface area contributed by atoms with Crippen LogP contribution in [0, 0.1) is 0 Å². The normalized spacial score (nSPS) is 11.4. The Hall–Kier alpha value is 0.799. The van der Waals surface area contributed by atoms with Crippen LogP contribution in [0.3, 0.4) is 0 Å². The summed E-state index contributed by atoms with van der Waals surface area (Å²) in [5.74, 6) is 0. The van der Waals surface area contributed by atoms with Crippen molar-refractivity contribution >= 4 is 19.8 Å². The van der Waals surface area contributed by atoms with Gasteiger partial charge < -0.3 is 0 Å². The minimum absolute atomic E-state index is 0.951. The molecular weight excluding hydrogens is 563 g/mol. The maximum absolute atomic E-state index is 2.71. The summed E-state index contributed by atoms with van der Waals surface area (Å²) < 4.78 is 3.36. The van der Waals surface area contributed by atoms with Gasteiger partial charge in [-0.3, -0.25) is 0 Å². The third-order valence-corrected chi connectivity index (χ3v) is 15.8. The van der Waals surface area contributed by atoms with Crippen molar-refractivity contribution in [2.24, 2.45) is 0 Å². The van der Waals surface area contributed by atoms with Gasteiger partial charge in [-0.15, -0.1) is 0 Å². The molecule has 0 aliphatic heterocycles. The summed E-state index contributed by atoms with van der Waals surface area (Å²) in [7, 11) is 0. The Morgan fingerprint density at radius 1 is 0.237 bits per heavy atom. The van der Waals surface area contributed by atoms with E-state index in [1.165, 1.54) is 193 Å². The molecule has 0 radical (unpaired) electrons. The standard InChI is InChI=1S/2C18H37.CH3.Sn/c2*1-3-5-7-9-11-13-15-17-18-16-14-12-10-8-6-4-2;;/h2*1,3-18H2,2H3;1H3;/q;;;+1. The fourth-order valence-electron chi connectivity index (χ4n) is 6.07. The Labute approximate surface area is 251 Å². The number of unbranched alkanes of at least 4 members (excludes halogenated alkanes) is 30. The molecule has 1 heteroatoms. The monoisotopic (exact) mass is 642 g/mol. The van der Waals surface area contributed by atoms with Crippen LogP contribution in [0.4, 0.5) is 0 Å². The molecule has 0 aliphatic rings. The molecule has 0 rings (SSSR count). The second kappa shape index (κ2) is 35.8. The van der Waals surface area contributed by atoms with Crippen LogP contribution in [0.25, 0.3) is 0 Å². The zero-order valence-corrected chi connectivity index (χ0v) is 30.4. The molecule has 0 spiro atoms. The molecule has 0 aromatic rings. The topological polar surface area (TPSA) is 0 Å². The van der Waals surface area contributed by atoms with Gasteiger partial charge in [-0.25, -0.2) is 0 Å². The van der Waals surface area contributed by atoms with Gasteiger partial charge in [-0.05, 0) is 0 Å². The fourth-order valence-corrected chi connectivity index (χ4v) is 11.7. The van der Waals surface area contributed by atoms with Gasteiger partial charge in [0.1, 0.15) is 0 Å². The van der Waals surface area contributed by atoms with E-state index in [-0.39, 0.29) is 0 Å². The molecule has 0 aromatic heterocycles. The second-order valence-electron chi connectivity index (χ2n) is 13.1. The third-order valence-electron chi connectivity index (χ3n) is 8.91. The molecule has 228 valence electrons. The van der Waals surface area contributed by atoms with Gasteiger partial charge in [-0.1, -0.05) is 78.1 Å². The molecule has 0 amide bonds. The van der Waals surface area contributed by atoms with Crippen molar-refractivity contribution in [1.82, 2.24) is 0 Å². The third kappa shape index (κ3) is 34.8. The predicted molar refractivity (Wildman–Crippen MR) is 180 cm³/mol. The van der Waals surface area contributed by atoms with Crippen molar-refractivity contribution in [2.75, 3.05) is 0 Å². The van der Waals surface area contributed by atoms with E-state index in [0.717, 1.165) is 0 Å². The van der Waals surface area contributed by atoms with Gasteiger partial charge in [0, 0.05) is 0 Å². The van der Waals surface area contributed by atoms with Crippen LogP contribution in [-0.4, -0.2) is 19.8 Å². The number of rotatable bonds is 34. The molecule has 0 aromatic carbocycles. The first-order valence-electron chi connectivity index (χ1n) is 18.6. The first-order valence-corrected chi connectivity index (χ1v) is 25.5. The van der Waals surface area contributed by atoms with E-state index < -0.39 is 19.8 Å². The summed E-state index contributed by atoms with van der Waals surface area (Å²) in [6, 6.07) is 0. The van der Waals surface area contributed by atoms with Crippen molar-refractivity contribution < 1.29 is 0 Å². The zero-order chi connectivity index (χ0) is 27.6. The van der Waals surface area contributed by atoms with E-state index in [1.807, 2.05) is 0 Å². The van der Waals surface area contributed by atoms with E-state index in [2.05, 4.69) is 18.8 Å². The second-order valence-corrected chi connectivity index (χ2v) is 21.4. The zero-order valence-electron chi connectivity index (χ0n) is 27.5. The quantitative estimate of drug-likeness (QED) is 0.0485. The van der Waals surface area contributed by atoms with Crippen molar-refractivity contribution in [3.8, 4) is 0 Å². The Morgan fingerprint density at radius 3 is 0.579 bits per heavy atom. The Morgan fingerprint density at radius 2 is 0.395 bits per heavy atom. The molecule has 0 aliphatic carbocycles. The molecule has 0 nitrogen and oxygen atoms in total. The maximum atomic E-state index is 2.71. The van der Waals surface area contributed by atoms with Gasteiger partial charge in [0.05, 0.1) is 0 Å². The summed E-state index contributed by atoms with van der Waals surface area (Å²) in [4.78, 5) is 2.71. The molecular formula is C37H77Sn+. The van der Waals surface area contributed by atoms with E-state index in [9.17, 15) is 0 Å². The van der Waals surface area contributed by atoms with Crippen LogP contribution in [-0.2, 0) is 0 Å². The van der Waals surface area contributed by atoms with Crippen molar-refractivity contribution in [3.05, 3.63) is 0 Å². The molecule has 0 bridgehead atoms. The van der Waals surface area contributed by atoms with Crippen LogP contribution >= 0.6 is 0 Å². The predicted octanol–water partition coefficient (Wildman–Crippen LogP) is 14.6. The first-order chi connectivity index (χ1) is 18.8. The molecule has 0 saturated carbocycles. The van der Waals surface area contributed by atoms with E-state index >= 15 is 0 Å². The van der Waals surface area contributed by atoms with Crippen molar-refractivity contribution in [1.29, 1.82) is 0 Å². The number of hydrogen-bond acceptors (Lipinski definition) is 0.